The summed E-state index contributed by atoms with van der Waals surface area (Å²) < 4.78 is 5.15. The van der Waals surface area contributed by atoms with Gasteiger partial charge in [0.1, 0.15) is 15.8 Å². The number of likely N-dealkylation sites (tertiary alicyclic amines) is 1. The average molecular weight is 654 g/mol. The molecule has 0 saturated carbocycles. The fraction of sp³-hybridized carbons (Fsp3) is 0.194. The summed E-state index contributed by atoms with van der Waals surface area (Å²) in [4.78, 5) is 64.8. The molecule has 3 amide bonds. The normalized spacial score (nSPS) is 24.5. The van der Waals surface area contributed by atoms with E-state index in [-0.39, 0.29) is 11.3 Å². The Morgan fingerprint density at radius 2 is 1.17 bits per heavy atom. The van der Waals surface area contributed by atoms with Gasteiger partial charge in [0.05, 0.1) is 17.4 Å². The number of imide groups is 1. The van der Waals surface area contributed by atoms with Gasteiger partial charge in [-0.3, -0.25) is 24.1 Å². The standard InChI is InChI=1S/C36H26Cl2N2O6/c1-20(31(42)39-23-17-15-22(16-18-23)34(45)46-19-28(41)21-9-3-2-4-10-21)40-32(43)29-30(33(40)44)36(38)25-12-6-5-11-24(25)35(29,37)26-13-7-8-14-27(26)36/h2-18,20,29-30H,19H2,1H3,(H,39,42)/t20-,29-,30+,35?,36?/m0/s1. The minimum atomic E-state index is -1.34. The maximum absolute atomic E-state index is 14.1. The van der Waals surface area contributed by atoms with Crippen LogP contribution in [0.5, 0.6) is 0 Å². The minimum absolute atomic E-state index is 0.176. The maximum Gasteiger partial charge on any atom is 0.338 e. The number of ether oxygens (including phenoxy) is 1. The quantitative estimate of drug-likeness (QED) is 0.120. The molecule has 0 radical (unpaired) electrons. The van der Waals surface area contributed by atoms with Crippen molar-refractivity contribution in [1.29, 1.82) is 0 Å². The Hall–Kier alpha value is -4.79. The number of Topliss-reactive ketones (excluding diaryl/α,β-unsaturated/α-hetero) is 1. The molecule has 1 saturated heterocycles. The number of rotatable bonds is 7. The first-order valence-electron chi connectivity index (χ1n) is 14.7. The highest BCUT2D eigenvalue weighted by Crippen LogP contribution is 2.69. The summed E-state index contributed by atoms with van der Waals surface area (Å²) in [5, 5.41) is 2.71. The van der Waals surface area contributed by atoms with E-state index in [4.69, 9.17) is 27.9 Å². The summed E-state index contributed by atoms with van der Waals surface area (Å²) in [5.41, 5.74) is 3.64. The smallest absolute Gasteiger partial charge is 0.338 e. The highest BCUT2D eigenvalue weighted by Gasteiger charge is 2.73. The number of benzene rings is 4. The molecule has 8 nitrogen and oxygen atoms in total. The van der Waals surface area contributed by atoms with Gasteiger partial charge in [0.2, 0.25) is 17.7 Å². The van der Waals surface area contributed by atoms with Crippen LogP contribution in [0.15, 0.2) is 103 Å². The molecule has 1 aliphatic heterocycles. The Kier molecular flexibility index (Phi) is 7.10. The van der Waals surface area contributed by atoms with Crippen molar-refractivity contribution in [2.24, 2.45) is 11.8 Å². The second-order valence-electron chi connectivity index (χ2n) is 11.6. The predicted molar refractivity (Wildman–Crippen MR) is 171 cm³/mol. The Bertz CT molecular complexity index is 1820. The molecule has 4 aromatic carbocycles. The van der Waals surface area contributed by atoms with E-state index in [9.17, 15) is 24.0 Å². The van der Waals surface area contributed by atoms with Crippen molar-refractivity contribution >= 4 is 58.4 Å². The van der Waals surface area contributed by atoms with Crippen molar-refractivity contribution < 1.29 is 28.7 Å². The van der Waals surface area contributed by atoms with Crippen molar-refractivity contribution in [2.45, 2.75) is 22.7 Å². The van der Waals surface area contributed by atoms with Crippen molar-refractivity contribution in [3.63, 3.8) is 0 Å². The molecule has 3 aliphatic carbocycles. The van der Waals surface area contributed by atoms with Crippen LogP contribution in [0.2, 0.25) is 0 Å². The molecule has 0 spiro atoms. The summed E-state index contributed by atoms with van der Waals surface area (Å²) in [6, 6.07) is 27.8. The van der Waals surface area contributed by atoms with Crippen LogP contribution in [0.1, 0.15) is 49.9 Å². The summed E-state index contributed by atoms with van der Waals surface area (Å²) >= 11 is 14.9. The van der Waals surface area contributed by atoms with E-state index in [1.54, 1.807) is 30.3 Å². The first kappa shape index (κ1) is 29.9. The van der Waals surface area contributed by atoms with Crippen LogP contribution in [0.25, 0.3) is 0 Å². The van der Waals surface area contributed by atoms with Crippen LogP contribution < -0.4 is 5.32 Å². The number of hydrogen-bond acceptors (Lipinski definition) is 6. The molecule has 2 bridgehead atoms. The van der Waals surface area contributed by atoms with Crippen molar-refractivity contribution in [1.82, 2.24) is 4.90 Å². The van der Waals surface area contributed by atoms with Crippen LogP contribution in [-0.2, 0) is 28.9 Å². The first-order valence-corrected chi connectivity index (χ1v) is 15.4. The van der Waals surface area contributed by atoms with Gasteiger partial charge in [-0.15, -0.1) is 23.2 Å². The van der Waals surface area contributed by atoms with Gasteiger partial charge in [0, 0.05) is 11.3 Å². The zero-order chi connectivity index (χ0) is 32.4. The Morgan fingerprint density at radius 1 is 0.717 bits per heavy atom. The number of ketones is 1. The Balaban J connectivity index is 1.09. The first-order chi connectivity index (χ1) is 22.1. The van der Waals surface area contributed by atoms with Gasteiger partial charge >= 0.3 is 5.97 Å². The highest BCUT2D eigenvalue weighted by atomic mass is 35.5. The molecule has 10 heteroatoms. The van der Waals surface area contributed by atoms with E-state index >= 15 is 0 Å². The lowest BCUT2D eigenvalue weighted by molar-refractivity contribution is -0.146. The van der Waals surface area contributed by atoms with Crippen molar-refractivity contribution in [3.8, 4) is 0 Å². The number of carbonyl (C=O) groups excluding carboxylic acids is 5. The molecule has 0 aromatic heterocycles. The number of alkyl halides is 2. The zero-order valence-corrected chi connectivity index (χ0v) is 25.9. The number of nitrogens with one attached hydrogen (secondary N) is 1. The number of carbonyl (C=O) groups is 5. The minimum Gasteiger partial charge on any atom is -0.454 e. The van der Waals surface area contributed by atoms with E-state index in [1.807, 2.05) is 48.5 Å². The predicted octanol–water partition coefficient (Wildman–Crippen LogP) is 5.65. The van der Waals surface area contributed by atoms with Crippen molar-refractivity contribution in [3.05, 3.63) is 137 Å². The molecule has 8 rings (SSSR count). The molecule has 1 fully saturated rings. The third kappa shape index (κ3) is 4.24. The second kappa shape index (κ2) is 10.9. The van der Waals surface area contributed by atoms with Gasteiger partial charge in [0.25, 0.3) is 0 Å². The molecule has 1 heterocycles. The number of esters is 1. The van der Waals surface area contributed by atoms with Gasteiger partial charge in [-0.2, -0.15) is 0 Å². The van der Waals surface area contributed by atoms with Crippen molar-refractivity contribution in [2.75, 3.05) is 11.9 Å². The van der Waals surface area contributed by atoms with Gasteiger partial charge in [-0.1, -0.05) is 78.9 Å². The molecular weight excluding hydrogens is 627 g/mol. The van der Waals surface area contributed by atoms with Gasteiger partial charge in [-0.05, 0) is 53.4 Å². The number of halogens is 2. The SMILES string of the molecule is C[C@@H](C(=O)Nc1ccc(C(=O)OCC(=O)c2ccccc2)cc1)N1C(=O)[C@@H]2[C@H](C1=O)C1(Cl)c3ccccc3C2(Cl)c2ccccc21. The molecule has 4 aromatic rings. The van der Waals surface area contributed by atoms with Crippen LogP contribution in [0, 0.1) is 11.8 Å². The largest absolute Gasteiger partial charge is 0.454 e. The van der Waals surface area contributed by atoms with Gasteiger partial charge < -0.3 is 10.1 Å². The lowest BCUT2D eigenvalue weighted by Crippen LogP contribution is -2.57. The molecule has 46 heavy (non-hydrogen) atoms. The summed E-state index contributed by atoms with van der Waals surface area (Å²) in [5.74, 6) is -4.81. The number of hydrogen-bond donors (Lipinski definition) is 1. The fourth-order valence-corrected chi connectivity index (χ4v) is 8.14. The number of amides is 3. The average Bonchev–Trinajstić information content (AvgIpc) is 3.36. The molecule has 230 valence electrons. The molecule has 4 aliphatic rings. The van der Waals surface area contributed by atoms with E-state index in [1.165, 1.54) is 31.2 Å². The number of anilines is 1. The highest BCUT2D eigenvalue weighted by molar-refractivity contribution is 6.36. The second-order valence-corrected chi connectivity index (χ2v) is 12.8. The lowest BCUT2D eigenvalue weighted by atomic mass is 9.54. The van der Waals surface area contributed by atoms with Crippen LogP contribution in [-0.4, -0.2) is 47.0 Å². The van der Waals surface area contributed by atoms with Crippen LogP contribution in [0.3, 0.4) is 0 Å². The molecule has 1 N–H and O–H groups in total. The third-order valence-corrected chi connectivity index (χ3v) is 10.5. The maximum atomic E-state index is 14.1. The fourth-order valence-electron chi connectivity index (χ4n) is 7.05. The Morgan fingerprint density at radius 3 is 1.65 bits per heavy atom. The van der Waals surface area contributed by atoms with Crippen LogP contribution >= 0.6 is 23.2 Å². The molecular formula is C36H26Cl2N2O6. The molecule has 0 unspecified atom stereocenters. The summed E-state index contributed by atoms with van der Waals surface area (Å²) in [6.07, 6.45) is 0. The van der Waals surface area contributed by atoms with Gasteiger partial charge in [0.15, 0.2) is 12.4 Å². The summed E-state index contributed by atoms with van der Waals surface area (Å²) in [7, 11) is 0. The number of nitrogens with zero attached hydrogens (tertiary/aromatic N) is 1. The van der Waals surface area contributed by atoms with E-state index in [0.29, 0.717) is 33.5 Å². The monoisotopic (exact) mass is 652 g/mol. The van der Waals surface area contributed by atoms with E-state index in [2.05, 4.69) is 5.32 Å². The molecule has 3 atom stereocenters. The zero-order valence-electron chi connectivity index (χ0n) is 24.4. The van der Waals surface area contributed by atoms with E-state index < -0.39 is 57.9 Å². The Labute approximate surface area is 274 Å². The third-order valence-electron chi connectivity index (χ3n) is 9.20. The van der Waals surface area contributed by atoms with Crippen LogP contribution in [0.4, 0.5) is 5.69 Å². The van der Waals surface area contributed by atoms with Gasteiger partial charge in [-0.25, -0.2) is 4.79 Å². The lowest BCUT2D eigenvalue weighted by Gasteiger charge is -2.54. The van der Waals surface area contributed by atoms with E-state index in [0.717, 1.165) is 4.90 Å². The topological polar surface area (TPSA) is 110 Å². The summed E-state index contributed by atoms with van der Waals surface area (Å²) in [6.45, 7) is 1.06.